The van der Waals surface area contributed by atoms with E-state index in [0.29, 0.717) is 13.1 Å². The van der Waals surface area contributed by atoms with Crippen LogP contribution in [0.4, 0.5) is 5.69 Å². The monoisotopic (exact) mass is 227 g/mol. The zero-order valence-corrected chi connectivity index (χ0v) is 10.1. The highest BCUT2D eigenvalue weighted by Gasteiger charge is 2.22. The SMILES string of the molecule is CCN(CC)P(N)(=O)Nc1ccccc1. The molecule has 0 amide bonds. The Hall–Kier alpha value is -0.830. The van der Waals surface area contributed by atoms with Crippen LogP contribution in [0.1, 0.15) is 13.8 Å². The van der Waals surface area contributed by atoms with E-state index in [0.717, 1.165) is 5.69 Å². The number of hydrogen-bond acceptors (Lipinski definition) is 1. The molecule has 0 radical (unpaired) electrons. The average Bonchev–Trinajstić information content (AvgIpc) is 2.19. The van der Waals surface area contributed by atoms with Gasteiger partial charge in [-0.2, -0.15) is 0 Å². The highest BCUT2D eigenvalue weighted by Crippen LogP contribution is 2.40. The summed E-state index contributed by atoms with van der Waals surface area (Å²) in [6, 6.07) is 9.37. The molecule has 0 saturated carbocycles. The fraction of sp³-hybridized carbons (Fsp3) is 0.400. The van der Waals surface area contributed by atoms with E-state index in [1.165, 1.54) is 0 Å². The van der Waals surface area contributed by atoms with Gasteiger partial charge in [-0.05, 0) is 12.1 Å². The van der Waals surface area contributed by atoms with E-state index in [1.54, 1.807) is 4.67 Å². The lowest BCUT2D eigenvalue weighted by molar-refractivity contribution is 0.447. The first-order chi connectivity index (χ1) is 7.10. The van der Waals surface area contributed by atoms with Gasteiger partial charge in [0.15, 0.2) is 0 Å². The third kappa shape index (κ3) is 3.34. The second-order valence-corrected chi connectivity index (χ2v) is 5.27. The number of para-hydroxylation sites is 1. The minimum absolute atomic E-state index is 0.671. The lowest BCUT2D eigenvalue weighted by Crippen LogP contribution is -2.27. The standard InChI is InChI=1S/C10H18N3OP/c1-3-13(4-2)15(11,14)12-10-8-6-5-7-9-10/h5-9H,3-4H2,1-2H3,(H3,11,12,14). The molecule has 84 valence electrons. The van der Waals surface area contributed by atoms with Crippen LogP contribution in [0, 0.1) is 0 Å². The maximum absolute atomic E-state index is 12.1. The quantitative estimate of drug-likeness (QED) is 0.759. The molecule has 4 nitrogen and oxygen atoms in total. The van der Waals surface area contributed by atoms with E-state index < -0.39 is 7.59 Å². The molecule has 0 aliphatic heterocycles. The number of nitrogens with one attached hydrogen (secondary N) is 1. The molecule has 0 spiro atoms. The molecule has 3 N–H and O–H groups in total. The van der Waals surface area contributed by atoms with Gasteiger partial charge in [-0.15, -0.1) is 0 Å². The van der Waals surface area contributed by atoms with Gasteiger partial charge in [-0.1, -0.05) is 32.0 Å². The van der Waals surface area contributed by atoms with Crippen LogP contribution in [0.2, 0.25) is 0 Å². The molecule has 0 bridgehead atoms. The van der Waals surface area contributed by atoms with E-state index >= 15 is 0 Å². The van der Waals surface area contributed by atoms with Gasteiger partial charge in [0.2, 0.25) is 0 Å². The fourth-order valence-electron chi connectivity index (χ4n) is 1.41. The van der Waals surface area contributed by atoms with Crippen molar-refractivity contribution >= 4 is 13.3 Å². The van der Waals surface area contributed by atoms with Crippen LogP contribution < -0.4 is 10.6 Å². The van der Waals surface area contributed by atoms with Gasteiger partial charge >= 0.3 is 7.59 Å². The lowest BCUT2D eigenvalue weighted by Gasteiger charge is -2.26. The van der Waals surface area contributed by atoms with Crippen LogP contribution >= 0.6 is 7.59 Å². The van der Waals surface area contributed by atoms with Crippen LogP contribution in [0.25, 0.3) is 0 Å². The maximum atomic E-state index is 12.1. The van der Waals surface area contributed by atoms with E-state index in [1.807, 2.05) is 44.2 Å². The Morgan fingerprint density at radius 1 is 1.27 bits per heavy atom. The first-order valence-electron chi connectivity index (χ1n) is 5.07. The predicted molar refractivity (Wildman–Crippen MR) is 64.8 cm³/mol. The fourth-order valence-corrected chi connectivity index (χ4v) is 2.91. The molecule has 5 heteroatoms. The molecule has 0 aromatic heterocycles. The van der Waals surface area contributed by atoms with Crippen LogP contribution in [0.3, 0.4) is 0 Å². The highest BCUT2D eigenvalue weighted by atomic mass is 31.2. The lowest BCUT2D eigenvalue weighted by atomic mass is 10.3. The van der Waals surface area contributed by atoms with Crippen molar-refractivity contribution in [1.29, 1.82) is 0 Å². The predicted octanol–water partition coefficient (Wildman–Crippen LogP) is 2.51. The molecule has 0 heterocycles. The minimum Gasteiger partial charge on any atom is -0.313 e. The van der Waals surface area contributed by atoms with Crippen LogP contribution in [0.15, 0.2) is 30.3 Å². The topological polar surface area (TPSA) is 58.4 Å². The number of benzene rings is 1. The van der Waals surface area contributed by atoms with Gasteiger partial charge in [0, 0.05) is 18.8 Å². The number of anilines is 1. The maximum Gasteiger partial charge on any atom is 0.303 e. The summed E-state index contributed by atoms with van der Waals surface area (Å²) in [5.74, 6) is 0. The Morgan fingerprint density at radius 3 is 2.27 bits per heavy atom. The highest BCUT2D eigenvalue weighted by molar-refractivity contribution is 7.60. The average molecular weight is 227 g/mol. The Labute approximate surface area is 91.0 Å². The summed E-state index contributed by atoms with van der Waals surface area (Å²) >= 11 is 0. The van der Waals surface area contributed by atoms with Gasteiger partial charge in [-0.3, -0.25) is 10.1 Å². The first kappa shape index (κ1) is 12.2. The summed E-state index contributed by atoms with van der Waals surface area (Å²) in [5.41, 5.74) is 6.57. The molecule has 0 fully saturated rings. The molecular formula is C10H18N3OP. The summed E-state index contributed by atoms with van der Waals surface area (Å²) in [6.07, 6.45) is 0. The zero-order valence-electron chi connectivity index (χ0n) is 9.18. The van der Waals surface area contributed by atoms with Crippen LogP contribution in [-0.4, -0.2) is 17.8 Å². The Balaban J connectivity index is 2.76. The molecule has 1 rings (SSSR count). The van der Waals surface area contributed by atoms with Crippen molar-refractivity contribution in [2.75, 3.05) is 18.2 Å². The van der Waals surface area contributed by atoms with Crippen molar-refractivity contribution in [3.63, 3.8) is 0 Å². The zero-order chi connectivity index (χ0) is 11.3. The van der Waals surface area contributed by atoms with Crippen molar-refractivity contribution in [3.05, 3.63) is 30.3 Å². The van der Waals surface area contributed by atoms with Crippen molar-refractivity contribution in [2.24, 2.45) is 5.50 Å². The number of nitrogens with two attached hydrogens (primary N) is 1. The van der Waals surface area contributed by atoms with Crippen molar-refractivity contribution in [1.82, 2.24) is 4.67 Å². The van der Waals surface area contributed by atoms with E-state index in [-0.39, 0.29) is 0 Å². The van der Waals surface area contributed by atoms with Crippen LogP contribution in [0.5, 0.6) is 0 Å². The van der Waals surface area contributed by atoms with Gasteiger partial charge < -0.3 is 5.09 Å². The first-order valence-corrected chi connectivity index (χ1v) is 6.80. The van der Waals surface area contributed by atoms with E-state index in [9.17, 15) is 4.57 Å². The molecule has 0 aliphatic carbocycles. The smallest absolute Gasteiger partial charge is 0.303 e. The summed E-state index contributed by atoms with van der Waals surface area (Å²) in [5, 5.41) is 2.88. The minimum atomic E-state index is -2.94. The van der Waals surface area contributed by atoms with E-state index in [4.69, 9.17) is 5.50 Å². The summed E-state index contributed by atoms with van der Waals surface area (Å²) in [6.45, 7) is 5.22. The van der Waals surface area contributed by atoms with Crippen molar-refractivity contribution in [3.8, 4) is 0 Å². The second-order valence-electron chi connectivity index (χ2n) is 3.24. The van der Waals surface area contributed by atoms with Crippen molar-refractivity contribution in [2.45, 2.75) is 13.8 Å². The van der Waals surface area contributed by atoms with Crippen molar-refractivity contribution < 1.29 is 4.57 Å². The Bertz CT molecular complexity index is 338. The summed E-state index contributed by atoms with van der Waals surface area (Å²) in [4.78, 5) is 0. The summed E-state index contributed by atoms with van der Waals surface area (Å²) < 4.78 is 13.9. The molecule has 1 aromatic carbocycles. The van der Waals surface area contributed by atoms with Gasteiger partial charge in [-0.25, -0.2) is 4.67 Å². The molecule has 0 aliphatic rings. The van der Waals surface area contributed by atoms with Gasteiger partial charge in [0.1, 0.15) is 0 Å². The number of rotatable bonds is 5. The molecule has 1 aromatic rings. The number of hydrogen-bond donors (Lipinski definition) is 2. The van der Waals surface area contributed by atoms with Gasteiger partial charge in [0.05, 0.1) is 0 Å². The van der Waals surface area contributed by atoms with E-state index in [2.05, 4.69) is 5.09 Å². The third-order valence-electron chi connectivity index (χ3n) is 2.21. The molecule has 1 atom stereocenters. The van der Waals surface area contributed by atoms with Gasteiger partial charge in [0.25, 0.3) is 0 Å². The molecule has 1 unspecified atom stereocenters. The third-order valence-corrected chi connectivity index (χ3v) is 4.20. The molecular weight excluding hydrogens is 209 g/mol. The Morgan fingerprint density at radius 2 is 1.80 bits per heavy atom. The molecule has 15 heavy (non-hydrogen) atoms. The molecule has 0 saturated heterocycles. The normalized spacial score (nSPS) is 14.9. The second kappa shape index (κ2) is 5.31. The Kier molecular flexibility index (Phi) is 4.33. The number of nitrogens with zero attached hydrogens (tertiary/aromatic N) is 1. The largest absolute Gasteiger partial charge is 0.313 e. The van der Waals surface area contributed by atoms with Crippen LogP contribution in [-0.2, 0) is 4.57 Å². The summed E-state index contributed by atoms with van der Waals surface area (Å²) in [7, 11) is -2.94.